The molecule has 0 bridgehead atoms. The first-order chi connectivity index (χ1) is 12.4. The molecule has 5 nitrogen and oxygen atoms in total. The third-order valence-corrected chi connectivity index (χ3v) is 4.03. The molecule has 0 aliphatic heterocycles. The predicted octanol–water partition coefficient (Wildman–Crippen LogP) is 4.47. The quantitative estimate of drug-likeness (QED) is 0.733. The van der Waals surface area contributed by atoms with Gasteiger partial charge in [0.15, 0.2) is 0 Å². The first-order valence-corrected chi connectivity index (χ1v) is 8.83. The molecule has 0 heterocycles. The molecule has 0 fully saturated rings. The van der Waals surface area contributed by atoms with E-state index in [9.17, 15) is 9.59 Å². The monoisotopic (exact) mass is 374 g/mol. The number of nitrogens with one attached hydrogen (secondary N) is 2. The summed E-state index contributed by atoms with van der Waals surface area (Å²) in [6, 6.07) is 14.0. The minimum Gasteiger partial charge on any atom is -0.454 e. The molecule has 0 saturated carbocycles. The van der Waals surface area contributed by atoms with Gasteiger partial charge in [-0.3, -0.25) is 0 Å². The van der Waals surface area contributed by atoms with Gasteiger partial charge in [-0.05, 0) is 44.5 Å². The maximum absolute atomic E-state index is 12.3. The standard InChI is InChI=1S/C20H23ClN2O3/c1-13(2)23-20(25)22-12-15-8-10-16(11-9-15)19(24)26-14(3)17-6-4-5-7-18(17)21/h4-11,13-14H,12H2,1-3H3,(H2,22,23,25)/t14-/m1/s1. The van der Waals surface area contributed by atoms with Crippen LogP contribution in [0, 0.1) is 0 Å². The summed E-state index contributed by atoms with van der Waals surface area (Å²) in [7, 11) is 0. The van der Waals surface area contributed by atoms with Crippen molar-refractivity contribution in [3.63, 3.8) is 0 Å². The van der Waals surface area contributed by atoms with Gasteiger partial charge in [0.1, 0.15) is 6.10 Å². The Kier molecular flexibility index (Phi) is 7.04. The number of rotatable bonds is 6. The van der Waals surface area contributed by atoms with E-state index in [1.165, 1.54) is 0 Å². The van der Waals surface area contributed by atoms with Gasteiger partial charge >= 0.3 is 12.0 Å². The Balaban J connectivity index is 1.92. The van der Waals surface area contributed by atoms with Crippen LogP contribution >= 0.6 is 11.6 Å². The number of urea groups is 1. The highest BCUT2D eigenvalue weighted by atomic mass is 35.5. The lowest BCUT2D eigenvalue weighted by Gasteiger charge is -2.15. The number of hydrogen-bond donors (Lipinski definition) is 2. The van der Waals surface area contributed by atoms with Crippen LogP contribution in [0.15, 0.2) is 48.5 Å². The Morgan fingerprint density at radius 1 is 1.04 bits per heavy atom. The fourth-order valence-electron chi connectivity index (χ4n) is 2.35. The van der Waals surface area contributed by atoms with Crippen LogP contribution < -0.4 is 10.6 Å². The summed E-state index contributed by atoms with van der Waals surface area (Å²) in [5.41, 5.74) is 2.10. The second-order valence-corrected chi connectivity index (χ2v) is 6.65. The van der Waals surface area contributed by atoms with Crippen molar-refractivity contribution in [2.45, 2.75) is 39.5 Å². The van der Waals surface area contributed by atoms with Gasteiger partial charge in [0.05, 0.1) is 5.56 Å². The Hall–Kier alpha value is -2.53. The fraction of sp³-hybridized carbons (Fsp3) is 0.300. The van der Waals surface area contributed by atoms with Gasteiger partial charge in [0.25, 0.3) is 0 Å². The molecule has 1 atom stereocenters. The van der Waals surface area contributed by atoms with E-state index < -0.39 is 12.1 Å². The molecule has 26 heavy (non-hydrogen) atoms. The van der Waals surface area contributed by atoms with Crippen LogP contribution in [0.2, 0.25) is 5.02 Å². The summed E-state index contributed by atoms with van der Waals surface area (Å²) in [4.78, 5) is 23.9. The van der Waals surface area contributed by atoms with Crippen LogP contribution in [-0.4, -0.2) is 18.0 Å². The molecule has 2 N–H and O–H groups in total. The van der Waals surface area contributed by atoms with Gasteiger partial charge in [-0.15, -0.1) is 0 Å². The van der Waals surface area contributed by atoms with Crippen molar-refractivity contribution in [2.75, 3.05) is 0 Å². The van der Waals surface area contributed by atoms with Gasteiger partial charge < -0.3 is 15.4 Å². The van der Waals surface area contributed by atoms with Gasteiger partial charge in [-0.25, -0.2) is 9.59 Å². The maximum atomic E-state index is 12.3. The molecule has 0 unspecified atom stereocenters. The number of hydrogen-bond acceptors (Lipinski definition) is 3. The van der Waals surface area contributed by atoms with Crippen LogP contribution in [0.25, 0.3) is 0 Å². The van der Waals surface area contributed by atoms with Crippen LogP contribution in [0.1, 0.15) is 48.4 Å². The number of carbonyl (C=O) groups excluding carboxylic acids is 2. The van der Waals surface area contributed by atoms with Crippen molar-refractivity contribution in [1.29, 1.82) is 0 Å². The summed E-state index contributed by atoms with van der Waals surface area (Å²) in [6.45, 7) is 5.95. The average Bonchev–Trinajstić information content (AvgIpc) is 2.60. The van der Waals surface area contributed by atoms with Gasteiger partial charge in [0, 0.05) is 23.2 Å². The van der Waals surface area contributed by atoms with Crippen LogP contribution in [-0.2, 0) is 11.3 Å². The van der Waals surface area contributed by atoms with E-state index in [0.29, 0.717) is 17.1 Å². The molecule has 0 saturated heterocycles. The van der Waals surface area contributed by atoms with E-state index in [1.54, 1.807) is 37.3 Å². The number of ether oxygens (including phenoxy) is 1. The maximum Gasteiger partial charge on any atom is 0.338 e. The molecule has 0 aliphatic carbocycles. The molecule has 2 aromatic rings. The molecule has 6 heteroatoms. The van der Waals surface area contributed by atoms with Crippen molar-refractivity contribution in [3.8, 4) is 0 Å². The van der Waals surface area contributed by atoms with Crippen molar-refractivity contribution in [1.82, 2.24) is 10.6 Å². The van der Waals surface area contributed by atoms with Gasteiger partial charge in [0.2, 0.25) is 0 Å². The summed E-state index contributed by atoms with van der Waals surface area (Å²) in [6.07, 6.45) is -0.447. The Morgan fingerprint density at radius 3 is 2.31 bits per heavy atom. The summed E-state index contributed by atoms with van der Waals surface area (Å²) in [5.74, 6) is -0.422. The molecular formula is C20H23ClN2O3. The predicted molar refractivity (Wildman–Crippen MR) is 102 cm³/mol. The van der Waals surface area contributed by atoms with E-state index in [2.05, 4.69) is 10.6 Å². The molecule has 0 spiro atoms. The van der Waals surface area contributed by atoms with Gasteiger partial charge in [-0.2, -0.15) is 0 Å². The first kappa shape index (κ1) is 19.8. The molecule has 138 valence electrons. The smallest absolute Gasteiger partial charge is 0.338 e. The first-order valence-electron chi connectivity index (χ1n) is 8.45. The second-order valence-electron chi connectivity index (χ2n) is 6.25. The fourth-order valence-corrected chi connectivity index (χ4v) is 2.64. The van der Waals surface area contributed by atoms with Crippen molar-refractivity contribution in [2.24, 2.45) is 0 Å². The van der Waals surface area contributed by atoms with E-state index in [-0.39, 0.29) is 12.1 Å². The molecule has 2 rings (SSSR count). The minimum absolute atomic E-state index is 0.0762. The topological polar surface area (TPSA) is 67.4 Å². The van der Waals surface area contributed by atoms with Crippen LogP contribution in [0.3, 0.4) is 0 Å². The zero-order chi connectivity index (χ0) is 19.1. The summed E-state index contributed by atoms with van der Waals surface area (Å²) in [5, 5.41) is 6.07. The third kappa shape index (κ3) is 5.77. The average molecular weight is 375 g/mol. The van der Waals surface area contributed by atoms with Crippen molar-refractivity contribution >= 4 is 23.6 Å². The van der Waals surface area contributed by atoms with Crippen molar-refractivity contribution < 1.29 is 14.3 Å². The highest BCUT2D eigenvalue weighted by Crippen LogP contribution is 2.25. The number of carbonyl (C=O) groups is 2. The third-order valence-electron chi connectivity index (χ3n) is 3.69. The second kappa shape index (κ2) is 9.25. The van der Waals surface area contributed by atoms with E-state index in [1.807, 2.05) is 32.0 Å². The normalized spacial score (nSPS) is 11.7. The Bertz CT molecular complexity index is 760. The largest absolute Gasteiger partial charge is 0.454 e. The summed E-state index contributed by atoms with van der Waals surface area (Å²) < 4.78 is 5.48. The van der Waals surface area contributed by atoms with Crippen LogP contribution in [0.5, 0.6) is 0 Å². The van der Waals surface area contributed by atoms with E-state index in [4.69, 9.17) is 16.3 Å². The molecule has 2 aromatic carbocycles. The number of benzene rings is 2. The lowest BCUT2D eigenvalue weighted by molar-refractivity contribution is 0.0338. The SMILES string of the molecule is CC(C)NC(=O)NCc1ccc(C(=O)O[C@H](C)c2ccccc2Cl)cc1. The molecule has 2 amide bonds. The van der Waals surface area contributed by atoms with Crippen LogP contribution in [0.4, 0.5) is 4.79 Å². The van der Waals surface area contributed by atoms with Gasteiger partial charge in [-0.1, -0.05) is 41.9 Å². The zero-order valence-electron chi connectivity index (χ0n) is 15.1. The highest BCUT2D eigenvalue weighted by Gasteiger charge is 2.15. The minimum atomic E-state index is -0.447. The van der Waals surface area contributed by atoms with E-state index in [0.717, 1.165) is 11.1 Å². The molecule has 0 aromatic heterocycles. The molecule has 0 aliphatic rings. The Morgan fingerprint density at radius 2 is 1.69 bits per heavy atom. The number of amides is 2. The molecule has 0 radical (unpaired) electrons. The summed E-state index contributed by atoms with van der Waals surface area (Å²) >= 11 is 6.13. The Labute approximate surface area is 158 Å². The highest BCUT2D eigenvalue weighted by molar-refractivity contribution is 6.31. The zero-order valence-corrected chi connectivity index (χ0v) is 15.8. The lowest BCUT2D eigenvalue weighted by Crippen LogP contribution is -2.39. The number of halogens is 1. The lowest BCUT2D eigenvalue weighted by atomic mass is 10.1. The van der Waals surface area contributed by atoms with Crippen molar-refractivity contribution in [3.05, 3.63) is 70.2 Å². The van der Waals surface area contributed by atoms with E-state index >= 15 is 0 Å². The molecular weight excluding hydrogens is 352 g/mol. The number of esters is 1.